The number of amides is 1. The van der Waals surface area contributed by atoms with Gasteiger partial charge in [0.05, 0.1) is 22.3 Å². The zero-order valence-electron chi connectivity index (χ0n) is 12.2. The zero-order valence-corrected chi connectivity index (χ0v) is 15.3. The minimum absolute atomic E-state index is 0.00824. The van der Waals surface area contributed by atoms with Gasteiger partial charge in [-0.2, -0.15) is 0 Å². The second kappa shape index (κ2) is 7.59. The summed E-state index contributed by atoms with van der Waals surface area (Å²) in [6.07, 6.45) is 6.63. The molecule has 1 aliphatic rings. The molecule has 8 heteroatoms. The molecule has 2 aromatic rings. The number of carbonyl (C=O) groups excluding carboxylic acids is 1. The lowest BCUT2D eigenvalue weighted by Crippen LogP contribution is -2.39. The van der Waals surface area contributed by atoms with Gasteiger partial charge in [0, 0.05) is 15.9 Å². The van der Waals surface area contributed by atoms with Gasteiger partial charge < -0.3 is 10.1 Å². The first-order valence-electron chi connectivity index (χ1n) is 7.29. The fraction of sp³-hybridized carbons (Fsp3) is 0.400. The largest absolute Gasteiger partial charge is 0.460 e. The quantitative estimate of drug-likeness (QED) is 0.816. The van der Waals surface area contributed by atoms with Crippen LogP contribution in [-0.4, -0.2) is 28.0 Å². The Hall–Kier alpha value is -1.18. The van der Waals surface area contributed by atoms with Crippen LogP contribution in [-0.2, 0) is 0 Å². The average Bonchev–Trinajstić information content (AvgIpc) is 2.98. The van der Waals surface area contributed by atoms with E-state index in [-0.39, 0.29) is 18.1 Å². The molecule has 2 heterocycles. The second-order valence-electron chi connectivity index (χ2n) is 5.38. The molecule has 0 bridgehead atoms. The van der Waals surface area contributed by atoms with Crippen molar-refractivity contribution in [2.75, 3.05) is 0 Å². The number of halogens is 2. The van der Waals surface area contributed by atoms with Crippen molar-refractivity contribution in [2.24, 2.45) is 0 Å². The normalized spacial score (nSPS) is 21.0. The predicted octanol–water partition coefficient (Wildman–Crippen LogP) is 4.07. The van der Waals surface area contributed by atoms with Crippen LogP contribution >= 0.6 is 38.9 Å². The number of hydrogen-bond acceptors (Lipinski definition) is 5. The number of hydrogen-bond donors (Lipinski definition) is 1. The van der Waals surface area contributed by atoms with E-state index < -0.39 is 0 Å². The van der Waals surface area contributed by atoms with Gasteiger partial charge in [0.15, 0.2) is 0 Å². The summed E-state index contributed by atoms with van der Waals surface area (Å²) >= 11 is 10.6. The zero-order chi connectivity index (χ0) is 16.2. The Morgan fingerprint density at radius 1 is 1.30 bits per heavy atom. The van der Waals surface area contributed by atoms with Gasteiger partial charge >= 0.3 is 6.01 Å². The molecule has 0 saturated heterocycles. The highest BCUT2D eigenvalue weighted by Gasteiger charge is 2.24. The van der Waals surface area contributed by atoms with Crippen LogP contribution < -0.4 is 10.1 Å². The summed E-state index contributed by atoms with van der Waals surface area (Å²) in [5.74, 6) is -0.00824. The maximum Gasteiger partial charge on any atom is 0.316 e. The lowest BCUT2D eigenvalue weighted by atomic mass is 9.93. The van der Waals surface area contributed by atoms with Crippen molar-refractivity contribution in [3.63, 3.8) is 0 Å². The molecule has 1 aliphatic carbocycles. The van der Waals surface area contributed by atoms with E-state index in [1.807, 2.05) is 11.4 Å². The van der Waals surface area contributed by atoms with Gasteiger partial charge in [-0.25, -0.2) is 9.97 Å². The minimum atomic E-state index is -0.00824. The molecule has 1 saturated carbocycles. The first-order chi connectivity index (χ1) is 11.1. The minimum Gasteiger partial charge on any atom is -0.460 e. The summed E-state index contributed by atoms with van der Waals surface area (Å²) < 4.78 is 6.69. The summed E-state index contributed by atoms with van der Waals surface area (Å²) in [6.45, 7) is 0. The van der Waals surface area contributed by atoms with Crippen molar-refractivity contribution in [1.82, 2.24) is 15.3 Å². The Bertz CT molecular complexity index is 672. The highest BCUT2D eigenvalue weighted by molar-refractivity contribution is 9.10. The molecule has 23 heavy (non-hydrogen) atoms. The van der Waals surface area contributed by atoms with Crippen LogP contribution in [0.2, 0.25) is 5.02 Å². The molecule has 0 aliphatic heterocycles. The van der Waals surface area contributed by atoms with E-state index in [2.05, 4.69) is 31.2 Å². The van der Waals surface area contributed by atoms with Crippen molar-refractivity contribution in [3.8, 4) is 6.01 Å². The summed E-state index contributed by atoms with van der Waals surface area (Å²) in [7, 11) is 0. The number of rotatable bonds is 4. The van der Waals surface area contributed by atoms with E-state index in [1.54, 1.807) is 0 Å². The average molecular weight is 417 g/mol. The fourth-order valence-electron chi connectivity index (χ4n) is 2.52. The molecule has 2 aromatic heterocycles. The van der Waals surface area contributed by atoms with Crippen LogP contribution in [0.1, 0.15) is 35.4 Å². The number of ether oxygens (including phenoxy) is 1. The highest BCUT2D eigenvalue weighted by atomic mass is 79.9. The van der Waals surface area contributed by atoms with Crippen LogP contribution in [0.4, 0.5) is 0 Å². The lowest BCUT2D eigenvalue weighted by Gasteiger charge is -2.28. The molecule has 0 radical (unpaired) electrons. The van der Waals surface area contributed by atoms with E-state index >= 15 is 0 Å². The summed E-state index contributed by atoms with van der Waals surface area (Å²) in [5, 5.41) is 5.49. The summed E-state index contributed by atoms with van der Waals surface area (Å²) in [5.41, 5.74) is 0. The Morgan fingerprint density at radius 3 is 2.61 bits per heavy atom. The number of aromatic nitrogens is 2. The third-order valence-corrected chi connectivity index (χ3v) is 5.55. The van der Waals surface area contributed by atoms with Crippen LogP contribution in [0, 0.1) is 0 Å². The molecule has 0 unspecified atom stereocenters. The number of nitrogens with one attached hydrogen (secondary N) is 1. The molecule has 1 N–H and O–H groups in total. The third kappa shape index (κ3) is 4.65. The van der Waals surface area contributed by atoms with Gasteiger partial charge in [0.25, 0.3) is 5.91 Å². The van der Waals surface area contributed by atoms with E-state index in [9.17, 15) is 4.79 Å². The van der Waals surface area contributed by atoms with Crippen molar-refractivity contribution < 1.29 is 9.53 Å². The molecule has 0 spiro atoms. The first kappa shape index (κ1) is 16.7. The van der Waals surface area contributed by atoms with Gasteiger partial charge in [-0.15, -0.1) is 11.3 Å². The van der Waals surface area contributed by atoms with Crippen LogP contribution in [0.25, 0.3) is 0 Å². The maximum absolute atomic E-state index is 12.1. The molecule has 0 atom stereocenters. The Kier molecular flexibility index (Phi) is 5.50. The Labute approximate surface area is 151 Å². The molecule has 122 valence electrons. The van der Waals surface area contributed by atoms with Gasteiger partial charge in [-0.1, -0.05) is 11.6 Å². The van der Waals surface area contributed by atoms with E-state index in [0.29, 0.717) is 11.0 Å². The molecule has 1 amide bonds. The summed E-state index contributed by atoms with van der Waals surface area (Å²) in [4.78, 5) is 21.0. The summed E-state index contributed by atoms with van der Waals surface area (Å²) in [6, 6.07) is 2.38. The number of thiophene rings is 1. The molecule has 0 aromatic carbocycles. The molecule has 3 rings (SSSR count). The maximum atomic E-state index is 12.1. The van der Waals surface area contributed by atoms with Crippen molar-refractivity contribution >= 4 is 44.8 Å². The SMILES string of the molecule is O=C(NC1CCC(Oc2ncc(Cl)cn2)CC1)c1cc(Br)cs1. The smallest absolute Gasteiger partial charge is 0.316 e. The van der Waals surface area contributed by atoms with Crippen LogP contribution in [0.3, 0.4) is 0 Å². The second-order valence-corrected chi connectivity index (χ2v) is 7.64. The van der Waals surface area contributed by atoms with Gasteiger partial charge in [-0.05, 0) is 47.7 Å². The van der Waals surface area contributed by atoms with Gasteiger partial charge in [-0.3, -0.25) is 4.79 Å². The van der Waals surface area contributed by atoms with Crippen molar-refractivity contribution in [2.45, 2.75) is 37.8 Å². The molecule has 5 nitrogen and oxygen atoms in total. The van der Waals surface area contributed by atoms with Crippen molar-refractivity contribution in [1.29, 1.82) is 0 Å². The number of nitrogens with zero attached hydrogens (tertiary/aromatic N) is 2. The van der Waals surface area contributed by atoms with Crippen LogP contribution in [0.5, 0.6) is 6.01 Å². The van der Waals surface area contributed by atoms with E-state index in [4.69, 9.17) is 16.3 Å². The Balaban J connectivity index is 1.46. The van der Waals surface area contributed by atoms with Gasteiger partial charge in [0.2, 0.25) is 0 Å². The van der Waals surface area contributed by atoms with E-state index in [0.717, 1.165) is 35.0 Å². The molecular weight excluding hydrogens is 402 g/mol. The highest BCUT2D eigenvalue weighted by Crippen LogP contribution is 2.24. The monoisotopic (exact) mass is 415 g/mol. The van der Waals surface area contributed by atoms with Crippen molar-refractivity contribution in [3.05, 3.63) is 38.2 Å². The van der Waals surface area contributed by atoms with Gasteiger partial charge in [0.1, 0.15) is 6.10 Å². The first-order valence-corrected chi connectivity index (χ1v) is 9.34. The van der Waals surface area contributed by atoms with E-state index in [1.165, 1.54) is 23.7 Å². The lowest BCUT2D eigenvalue weighted by molar-refractivity contribution is 0.0889. The molecular formula is C15H15BrClN3O2S. The topological polar surface area (TPSA) is 64.1 Å². The van der Waals surface area contributed by atoms with Crippen LogP contribution in [0.15, 0.2) is 28.3 Å². The predicted molar refractivity (Wildman–Crippen MR) is 93.2 cm³/mol. The molecule has 1 fully saturated rings. The fourth-order valence-corrected chi connectivity index (χ4v) is 3.95. The third-order valence-electron chi connectivity index (χ3n) is 3.67. The number of carbonyl (C=O) groups is 1. The Morgan fingerprint density at radius 2 is 2.00 bits per heavy atom. The standard InChI is InChI=1S/C15H15BrClN3O2S/c16-9-5-13(23-8-9)14(21)20-11-1-3-12(4-2-11)22-15-18-6-10(17)7-19-15/h5-8,11-12H,1-4H2,(H,20,21).